The third-order valence-electron chi connectivity index (χ3n) is 3.77. The average Bonchev–Trinajstić information content (AvgIpc) is 3.02. The summed E-state index contributed by atoms with van der Waals surface area (Å²) in [4.78, 5) is 30.4. The minimum Gasteiger partial charge on any atom is -0.368 e. The quantitative estimate of drug-likeness (QED) is 0.311. The zero-order chi connectivity index (χ0) is 19.3. The van der Waals surface area contributed by atoms with Gasteiger partial charge in [0.05, 0.1) is 12.9 Å². The Bertz CT molecular complexity index is 943. The minimum absolute atomic E-state index is 0.108. The summed E-state index contributed by atoms with van der Waals surface area (Å²) in [6.45, 7) is 1.10. The van der Waals surface area contributed by atoms with Crippen molar-refractivity contribution in [2.24, 2.45) is 0 Å². The smallest absolute Gasteiger partial charge is 0.350 e. The molecule has 0 aliphatic rings. The number of benzene rings is 1. The van der Waals surface area contributed by atoms with Crippen molar-refractivity contribution in [1.29, 1.82) is 0 Å². The van der Waals surface area contributed by atoms with E-state index >= 15 is 0 Å². The van der Waals surface area contributed by atoms with E-state index in [1.54, 1.807) is 10.9 Å². The van der Waals surface area contributed by atoms with Gasteiger partial charge in [-0.2, -0.15) is 9.97 Å². The van der Waals surface area contributed by atoms with E-state index in [4.69, 9.17) is 20.3 Å². The van der Waals surface area contributed by atoms with Crippen LogP contribution in [0.3, 0.4) is 0 Å². The fraction of sp³-hybridized carbons (Fsp3) is 0.312. The molecule has 10 nitrogen and oxygen atoms in total. The molecule has 27 heavy (non-hydrogen) atoms. The maximum atomic E-state index is 10.8. The number of ether oxygens (including phenoxy) is 1. The summed E-state index contributed by atoms with van der Waals surface area (Å²) in [7, 11) is -4.18. The van der Waals surface area contributed by atoms with Crippen LogP contribution >= 0.6 is 7.60 Å². The van der Waals surface area contributed by atoms with Crippen LogP contribution in [-0.2, 0) is 22.3 Å². The van der Waals surface area contributed by atoms with Crippen molar-refractivity contribution in [3.63, 3.8) is 0 Å². The first-order valence-corrected chi connectivity index (χ1v) is 10.1. The van der Waals surface area contributed by atoms with Gasteiger partial charge in [-0.05, 0) is 12.0 Å². The molecule has 0 aliphatic carbocycles. The second-order valence-electron chi connectivity index (χ2n) is 5.90. The second kappa shape index (κ2) is 8.45. The Kier molecular flexibility index (Phi) is 6.02. The van der Waals surface area contributed by atoms with E-state index in [1.165, 1.54) is 5.56 Å². The molecule has 0 bridgehead atoms. The van der Waals surface area contributed by atoms with E-state index < -0.39 is 13.9 Å². The highest BCUT2D eigenvalue weighted by Gasteiger charge is 2.14. The van der Waals surface area contributed by atoms with Gasteiger partial charge in [0.15, 0.2) is 17.0 Å². The zero-order valence-corrected chi connectivity index (χ0v) is 15.4. The number of nitrogen functional groups attached to an aromatic ring is 1. The first kappa shape index (κ1) is 19.2. The molecular weight excluding hydrogens is 371 g/mol. The topological polar surface area (TPSA) is 148 Å². The van der Waals surface area contributed by atoms with Crippen LogP contribution < -0.4 is 11.1 Å². The number of rotatable bonds is 9. The summed E-state index contributed by atoms with van der Waals surface area (Å²) in [6, 6.07) is 10.1. The number of imidazole rings is 1. The molecule has 144 valence electrons. The second-order valence-corrected chi connectivity index (χ2v) is 7.49. The summed E-state index contributed by atoms with van der Waals surface area (Å²) in [6.07, 6.45) is 1.77. The molecule has 11 heteroatoms. The Balaban J connectivity index is 1.66. The molecule has 0 aliphatic heterocycles. The van der Waals surface area contributed by atoms with Gasteiger partial charge < -0.3 is 30.1 Å². The normalized spacial score (nSPS) is 11.8. The van der Waals surface area contributed by atoms with Crippen molar-refractivity contribution in [3.05, 3.63) is 42.2 Å². The summed E-state index contributed by atoms with van der Waals surface area (Å²) in [5, 5.41) is 3.24. The number of hydrogen-bond acceptors (Lipinski definition) is 7. The molecule has 0 fully saturated rings. The molecule has 1 aromatic carbocycles. The highest BCUT2D eigenvalue weighted by molar-refractivity contribution is 7.51. The molecule has 3 rings (SSSR count). The lowest BCUT2D eigenvalue weighted by molar-refractivity contribution is 0.149. The molecule has 0 spiro atoms. The molecule has 2 aromatic heterocycles. The first-order valence-electron chi connectivity index (χ1n) is 8.31. The molecule has 2 heterocycles. The molecule has 0 amide bonds. The van der Waals surface area contributed by atoms with Crippen molar-refractivity contribution in [2.75, 3.05) is 30.6 Å². The number of nitrogens with one attached hydrogen (secondary N) is 1. The molecular formula is C16H21N6O4P. The fourth-order valence-corrected chi connectivity index (χ4v) is 2.93. The molecule has 0 saturated heterocycles. The van der Waals surface area contributed by atoms with Gasteiger partial charge in [-0.3, -0.25) is 4.57 Å². The van der Waals surface area contributed by atoms with Crippen LogP contribution in [-0.4, -0.2) is 48.8 Å². The van der Waals surface area contributed by atoms with Crippen molar-refractivity contribution in [2.45, 2.75) is 13.0 Å². The van der Waals surface area contributed by atoms with Crippen molar-refractivity contribution in [3.8, 4) is 0 Å². The predicted molar refractivity (Wildman–Crippen MR) is 101 cm³/mol. The largest absolute Gasteiger partial charge is 0.368 e. The number of nitrogens with two attached hydrogens (primary N) is 1. The Morgan fingerprint density at radius 1 is 1.22 bits per heavy atom. The van der Waals surface area contributed by atoms with Gasteiger partial charge in [0.25, 0.3) is 0 Å². The third kappa shape index (κ3) is 5.48. The van der Waals surface area contributed by atoms with Gasteiger partial charge in [-0.1, -0.05) is 30.3 Å². The van der Waals surface area contributed by atoms with E-state index in [0.29, 0.717) is 30.1 Å². The molecule has 0 unspecified atom stereocenters. The van der Waals surface area contributed by atoms with E-state index in [9.17, 15) is 4.57 Å². The van der Waals surface area contributed by atoms with E-state index in [2.05, 4.69) is 32.4 Å². The van der Waals surface area contributed by atoms with Crippen molar-refractivity contribution >= 4 is 30.5 Å². The van der Waals surface area contributed by atoms with Gasteiger partial charge in [-0.15, -0.1) is 0 Å². The van der Waals surface area contributed by atoms with Crippen LogP contribution in [0.4, 0.5) is 11.8 Å². The lowest BCUT2D eigenvalue weighted by atomic mass is 10.1. The lowest BCUT2D eigenvalue weighted by Gasteiger charge is -2.09. The summed E-state index contributed by atoms with van der Waals surface area (Å²) >= 11 is 0. The molecule has 3 aromatic rings. The van der Waals surface area contributed by atoms with Crippen LogP contribution in [0, 0.1) is 0 Å². The van der Waals surface area contributed by atoms with Crippen LogP contribution in [0.5, 0.6) is 0 Å². The highest BCUT2D eigenvalue weighted by Crippen LogP contribution is 2.33. The SMILES string of the molecule is Nc1nc(NCCc2ccccc2)c2ncn(CCOCP(=O)(O)O)c2n1. The molecule has 0 atom stereocenters. The number of anilines is 2. The van der Waals surface area contributed by atoms with Gasteiger partial charge in [0, 0.05) is 13.1 Å². The maximum Gasteiger partial charge on any atom is 0.350 e. The molecule has 0 radical (unpaired) electrons. The fourth-order valence-electron chi connectivity index (χ4n) is 2.56. The summed E-state index contributed by atoms with van der Waals surface area (Å²) in [5.41, 5.74) is 8.12. The Morgan fingerprint density at radius 3 is 2.74 bits per heavy atom. The minimum atomic E-state index is -4.18. The van der Waals surface area contributed by atoms with Crippen LogP contribution in [0.1, 0.15) is 5.56 Å². The third-order valence-corrected chi connectivity index (χ3v) is 4.29. The lowest BCUT2D eigenvalue weighted by Crippen LogP contribution is -2.10. The number of nitrogens with zero attached hydrogens (tertiary/aromatic N) is 4. The van der Waals surface area contributed by atoms with Crippen molar-refractivity contribution < 1.29 is 19.1 Å². The Morgan fingerprint density at radius 2 is 2.00 bits per heavy atom. The maximum absolute atomic E-state index is 10.8. The van der Waals surface area contributed by atoms with E-state index in [1.807, 2.05) is 18.2 Å². The van der Waals surface area contributed by atoms with Crippen LogP contribution in [0.15, 0.2) is 36.7 Å². The van der Waals surface area contributed by atoms with Gasteiger partial charge in [0.2, 0.25) is 5.95 Å². The summed E-state index contributed by atoms with van der Waals surface area (Å²) < 4.78 is 17.5. The van der Waals surface area contributed by atoms with E-state index in [-0.39, 0.29) is 12.6 Å². The number of fused-ring (bicyclic) bond motifs is 1. The average molecular weight is 392 g/mol. The van der Waals surface area contributed by atoms with Crippen LogP contribution in [0.25, 0.3) is 11.2 Å². The van der Waals surface area contributed by atoms with E-state index in [0.717, 1.165) is 6.42 Å². The van der Waals surface area contributed by atoms with Gasteiger partial charge in [-0.25, -0.2) is 4.98 Å². The summed E-state index contributed by atoms with van der Waals surface area (Å²) in [5.74, 6) is 0.658. The van der Waals surface area contributed by atoms with Gasteiger partial charge >= 0.3 is 7.60 Å². The molecule has 5 N–H and O–H groups in total. The molecule has 0 saturated carbocycles. The van der Waals surface area contributed by atoms with Gasteiger partial charge in [0.1, 0.15) is 6.35 Å². The number of aromatic nitrogens is 4. The predicted octanol–water partition coefficient (Wildman–Crippen LogP) is 1.21. The first-order chi connectivity index (χ1) is 12.9. The standard InChI is InChI=1S/C16H21N6O4P/c17-16-20-14(18-7-6-12-4-2-1-3-5-12)13-15(21-16)22(10-19-13)8-9-26-11-27(23,24)25/h1-5,10H,6-9,11H2,(H2,23,24,25)(H3,17,18,20,21). The van der Waals surface area contributed by atoms with Crippen LogP contribution in [0.2, 0.25) is 0 Å². The monoisotopic (exact) mass is 392 g/mol. The number of hydrogen-bond donors (Lipinski definition) is 4. The van der Waals surface area contributed by atoms with Crippen molar-refractivity contribution in [1.82, 2.24) is 19.5 Å². The Hall–Kier alpha value is -2.52. The highest BCUT2D eigenvalue weighted by atomic mass is 31.2. The zero-order valence-electron chi connectivity index (χ0n) is 14.5. The Labute approximate surface area is 155 Å².